The topological polar surface area (TPSA) is 116 Å². The number of amides is 1. The van der Waals surface area contributed by atoms with Crippen LogP contribution in [0.5, 0.6) is 0 Å². The van der Waals surface area contributed by atoms with E-state index in [0.29, 0.717) is 35.4 Å². The van der Waals surface area contributed by atoms with Crippen molar-refractivity contribution in [3.8, 4) is 0 Å². The molecule has 0 radical (unpaired) electrons. The van der Waals surface area contributed by atoms with Gasteiger partial charge in [-0.1, -0.05) is 12.1 Å². The SMILES string of the molecule is N=C(CC(=Nc1ccc(NC(=O)CNc2ccccc2N)cn1)C1CC1)C1CC1. The maximum absolute atomic E-state index is 12.2. The fraction of sp³-hybridized carbons (Fsp3) is 0.364. The van der Waals surface area contributed by atoms with Crippen molar-refractivity contribution in [1.82, 2.24) is 4.98 Å². The standard InChI is InChI=1S/C22H26N6O/c23-17-3-1-2-4-19(17)25-13-22(29)27-16-9-10-21(26-12-16)28-20(15-7-8-15)11-18(24)14-5-6-14/h1-4,9-10,12,14-15,24-25H,5-8,11,13,23H2,(H,27,29). The van der Waals surface area contributed by atoms with Crippen molar-refractivity contribution in [2.45, 2.75) is 32.1 Å². The van der Waals surface area contributed by atoms with Gasteiger partial charge in [-0.25, -0.2) is 9.98 Å². The molecule has 4 rings (SSSR count). The van der Waals surface area contributed by atoms with E-state index in [9.17, 15) is 4.79 Å². The molecule has 0 saturated heterocycles. The van der Waals surface area contributed by atoms with E-state index in [4.69, 9.17) is 16.1 Å². The van der Waals surface area contributed by atoms with Gasteiger partial charge in [0.1, 0.15) is 0 Å². The first-order valence-corrected chi connectivity index (χ1v) is 10.1. The molecule has 0 atom stereocenters. The monoisotopic (exact) mass is 390 g/mol. The number of nitrogens with zero attached hydrogens (tertiary/aromatic N) is 2. The number of nitrogens with two attached hydrogens (primary N) is 1. The third kappa shape index (κ3) is 5.40. The number of aliphatic imine (C=N–C) groups is 1. The highest BCUT2D eigenvalue weighted by atomic mass is 16.1. The van der Waals surface area contributed by atoms with Gasteiger partial charge in [-0.15, -0.1) is 0 Å². The minimum Gasteiger partial charge on any atom is -0.397 e. The van der Waals surface area contributed by atoms with E-state index < -0.39 is 0 Å². The first-order chi connectivity index (χ1) is 14.1. The molecule has 2 fully saturated rings. The number of pyridine rings is 1. The lowest BCUT2D eigenvalue weighted by Crippen LogP contribution is -2.22. The van der Waals surface area contributed by atoms with Crippen LogP contribution < -0.4 is 16.4 Å². The molecule has 2 saturated carbocycles. The van der Waals surface area contributed by atoms with Gasteiger partial charge in [0, 0.05) is 17.8 Å². The summed E-state index contributed by atoms with van der Waals surface area (Å²) in [5, 5.41) is 14.0. The normalized spacial score (nSPS) is 16.3. The molecule has 5 N–H and O–H groups in total. The summed E-state index contributed by atoms with van der Waals surface area (Å²) in [6.07, 6.45) is 6.89. The summed E-state index contributed by atoms with van der Waals surface area (Å²) in [6, 6.07) is 10.9. The van der Waals surface area contributed by atoms with Crippen molar-refractivity contribution >= 4 is 40.2 Å². The molecule has 2 aromatic rings. The Morgan fingerprint density at radius 3 is 2.55 bits per heavy atom. The lowest BCUT2D eigenvalue weighted by Gasteiger charge is -2.10. The zero-order valence-electron chi connectivity index (χ0n) is 16.3. The van der Waals surface area contributed by atoms with Crippen LogP contribution in [0.4, 0.5) is 22.9 Å². The molecule has 2 aliphatic rings. The number of rotatable bonds is 9. The van der Waals surface area contributed by atoms with Crippen LogP contribution in [0, 0.1) is 17.2 Å². The summed E-state index contributed by atoms with van der Waals surface area (Å²) in [5.41, 5.74) is 9.71. The molecule has 0 aliphatic heterocycles. The van der Waals surface area contributed by atoms with Gasteiger partial charge in [0.2, 0.25) is 5.91 Å². The summed E-state index contributed by atoms with van der Waals surface area (Å²) < 4.78 is 0. The van der Waals surface area contributed by atoms with Crippen molar-refractivity contribution < 1.29 is 4.79 Å². The molecule has 150 valence electrons. The lowest BCUT2D eigenvalue weighted by atomic mass is 10.1. The lowest BCUT2D eigenvalue weighted by molar-refractivity contribution is -0.114. The predicted molar refractivity (Wildman–Crippen MR) is 117 cm³/mol. The molecule has 2 aliphatic carbocycles. The Bertz CT molecular complexity index is 929. The molecule has 0 unspecified atom stereocenters. The summed E-state index contributed by atoms with van der Waals surface area (Å²) in [7, 11) is 0. The number of benzene rings is 1. The maximum Gasteiger partial charge on any atom is 0.243 e. The Morgan fingerprint density at radius 1 is 1.14 bits per heavy atom. The van der Waals surface area contributed by atoms with E-state index in [1.54, 1.807) is 24.4 Å². The molecule has 0 spiro atoms. The van der Waals surface area contributed by atoms with Gasteiger partial charge in [-0.2, -0.15) is 0 Å². The highest BCUT2D eigenvalue weighted by molar-refractivity contribution is 6.07. The smallest absolute Gasteiger partial charge is 0.243 e. The average molecular weight is 390 g/mol. The first-order valence-electron chi connectivity index (χ1n) is 10.1. The minimum atomic E-state index is -0.178. The summed E-state index contributed by atoms with van der Waals surface area (Å²) in [5.74, 6) is 1.43. The second-order valence-electron chi connectivity index (χ2n) is 7.75. The number of hydrogen-bond acceptors (Lipinski definition) is 6. The van der Waals surface area contributed by atoms with Gasteiger partial charge in [-0.3, -0.25) is 4.79 Å². The summed E-state index contributed by atoms with van der Waals surface area (Å²) >= 11 is 0. The third-order valence-corrected chi connectivity index (χ3v) is 5.18. The van der Waals surface area contributed by atoms with Crippen molar-refractivity contribution in [1.29, 1.82) is 5.41 Å². The summed E-state index contributed by atoms with van der Waals surface area (Å²) in [6.45, 7) is 0.114. The molecule has 0 bridgehead atoms. The van der Waals surface area contributed by atoms with Crippen molar-refractivity contribution in [3.05, 3.63) is 42.6 Å². The fourth-order valence-electron chi connectivity index (χ4n) is 3.17. The number of nitrogens with one attached hydrogen (secondary N) is 3. The number of aromatic nitrogens is 1. The third-order valence-electron chi connectivity index (χ3n) is 5.18. The largest absolute Gasteiger partial charge is 0.397 e. The van der Waals surface area contributed by atoms with Gasteiger partial charge in [-0.05, 0) is 61.8 Å². The van der Waals surface area contributed by atoms with Crippen LogP contribution in [0.25, 0.3) is 0 Å². The van der Waals surface area contributed by atoms with E-state index in [0.717, 1.165) is 42.8 Å². The minimum absolute atomic E-state index is 0.114. The predicted octanol–water partition coefficient (Wildman–Crippen LogP) is 4.02. The average Bonchev–Trinajstić information content (AvgIpc) is 3.61. The van der Waals surface area contributed by atoms with E-state index in [1.165, 1.54) is 0 Å². The van der Waals surface area contributed by atoms with Crippen molar-refractivity contribution in [3.63, 3.8) is 0 Å². The van der Waals surface area contributed by atoms with Crippen LogP contribution in [-0.4, -0.2) is 28.9 Å². The van der Waals surface area contributed by atoms with Crippen molar-refractivity contribution in [2.24, 2.45) is 16.8 Å². The van der Waals surface area contributed by atoms with E-state index in [-0.39, 0.29) is 12.5 Å². The van der Waals surface area contributed by atoms with E-state index >= 15 is 0 Å². The second-order valence-corrected chi connectivity index (χ2v) is 7.75. The first kappa shape index (κ1) is 19.1. The fourth-order valence-corrected chi connectivity index (χ4v) is 3.17. The molecule has 7 nitrogen and oxygen atoms in total. The number of nitrogen functional groups attached to an aromatic ring is 1. The Hall–Kier alpha value is -3.22. The van der Waals surface area contributed by atoms with Gasteiger partial charge >= 0.3 is 0 Å². The molecule has 7 heteroatoms. The second kappa shape index (κ2) is 8.43. The van der Waals surface area contributed by atoms with Crippen LogP contribution in [0.15, 0.2) is 47.6 Å². The quantitative estimate of drug-likeness (QED) is 0.382. The highest BCUT2D eigenvalue weighted by Gasteiger charge is 2.32. The molecular weight excluding hydrogens is 364 g/mol. The van der Waals surface area contributed by atoms with Crippen LogP contribution in [-0.2, 0) is 4.79 Å². The maximum atomic E-state index is 12.2. The van der Waals surface area contributed by atoms with E-state index in [2.05, 4.69) is 15.6 Å². The number of carbonyl (C=O) groups is 1. The Balaban J connectivity index is 1.32. The van der Waals surface area contributed by atoms with Gasteiger partial charge in [0.15, 0.2) is 5.82 Å². The Labute approximate surface area is 170 Å². The highest BCUT2D eigenvalue weighted by Crippen LogP contribution is 2.36. The molecule has 29 heavy (non-hydrogen) atoms. The molecular formula is C22H26N6O. The summed E-state index contributed by atoms with van der Waals surface area (Å²) in [4.78, 5) is 21.2. The van der Waals surface area contributed by atoms with Crippen molar-refractivity contribution in [2.75, 3.05) is 22.9 Å². The zero-order chi connectivity index (χ0) is 20.2. The molecule has 1 aromatic carbocycles. The van der Waals surface area contributed by atoms with Gasteiger partial charge in [0.05, 0.1) is 29.8 Å². The Kier molecular flexibility index (Phi) is 5.55. The Morgan fingerprint density at radius 2 is 1.90 bits per heavy atom. The molecule has 1 amide bonds. The molecule has 1 aromatic heterocycles. The number of hydrogen-bond donors (Lipinski definition) is 4. The zero-order valence-corrected chi connectivity index (χ0v) is 16.3. The number of anilines is 3. The van der Waals surface area contributed by atoms with Crippen LogP contribution >= 0.6 is 0 Å². The van der Waals surface area contributed by atoms with Crippen LogP contribution in [0.2, 0.25) is 0 Å². The van der Waals surface area contributed by atoms with E-state index in [1.807, 2.05) is 18.2 Å². The number of carbonyl (C=O) groups excluding carboxylic acids is 1. The number of para-hydroxylation sites is 2. The van der Waals surface area contributed by atoms with Crippen LogP contribution in [0.3, 0.4) is 0 Å². The van der Waals surface area contributed by atoms with Crippen LogP contribution in [0.1, 0.15) is 32.1 Å². The van der Waals surface area contributed by atoms with Gasteiger partial charge < -0.3 is 21.8 Å². The molecule has 1 heterocycles. The van der Waals surface area contributed by atoms with Gasteiger partial charge in [0.25, 0.3) is 0 Å².